The van der Waals surface area contributed by atoms with E-state index in [0.717, 1.165) is 11.1 Å². The maximum Gasteiger partial charge on any atom is 0.261 e. The fourth-order valence-corrected chi connectivity index (χ4v) is 4.19. The topological polar surface area (TPSA) is 96.1 Å². The summed E-state index contributed by atoms with van der Waals surface area (Å²) in [5.41, 5.74) is 1.67. The molecule has 4 rings (SSSR count). The van der Waals surface area contributed by atoms with Gasteiger partial charge in [0.15, 0.2) is 5.82 Å². The number of fused-ring (bicyclic) bond motifs is 1. The van der Waals surface area contributed by atoms with E-state index in [1.807, 2.05) is 42.5 Å². The number of nitrogens with one attached hydrogen (secondary N) is 3. The average Bonchev–Trinajstić information content (AvgIpc) is 3.35. The first-order valence-electron chi connectivity index (χ1n) is 9.46. The number of anilines is 1. The number of thiophene rings is 1. The number of H-pyrrole nitrogens is 1. The molecule has 9 heteroatoms. The Bertz CT molecular complexity index is 1250. The Morgan fingerprint density at radius 1 is 1.16 bits per heavy atom. The molecule has 0 aliphatic rings. The van der Waals surface area contributed by atoms with E-state index in [1.165, 1.54) is 11.3 Å². The minimum Gasteiger partial charge on any atom is -0.497 e. The second-order valence-corrected chi connectivity index (χ2v) is 8.24. The molecule has 0 saturated carbocycles. The van der Waals surface area contributed by atoms with Crippen molar-refractivity contribution in [3.8, 4) is 5.75 Å². The van der Waals surface area contributed by atoms with Crippen LogP contribution in [0.1, 0.15) is 20.8 Å². The van der Waals surface area contributed by atoms with Crippen molar-refractivity contribution in [1.29, 1.82) is 0 Å². The summed E-state index contributed by atoms with van der Waals surface area (Å²) in [6.45, 7) is 0.326. The lowest BCUT2D eigenvalue weighted by Crippen LogP contribution is -2.21. The van der Waals surface area contributed by atoms with Crippen LogP contribution in [0.4, 0.5) is 5.82 Å². The van der Waals surface area contributed by atoms with Crippen LogP contribution in [-0.4, -0.2) is 29.1 Å². The number of hydrogen-bond acceptors (Lipinski definition) is 5. The monoisotopic (exact) mass is 454 g/mol. The van der Waals surface area contributed by atoms with Gasteiger partial charge >= 0.3 is 0 Å². The SMILES string of the molecule is COc1cccc(CC(=O)Nc2n[nH]c3sc(C(=O)NCc4ccccc4Cl)cc23)c1. The van der Waals surface area contributed by atoms with Gasteiger partial charge in [0.25, 0.3) is 5.91 Å². The second kappa shape index (κ2) is 9.20. The predicted octanol–water partition coefficient (Wildman–Crippen LogP) is 4.40. The van der Waals surface area contributed by atoms with E-state index in [9.17, 15) is 9.59 Å². The number of benzene rings is 2. The molecule has 0 unspecified atom stereocenters. The summed E-state index contributed by atoms with van der Waals surface area (Å²) in [4.78, 5) is 26.2. The van der Waals surface area contributed by atoms with Crippen LogP contribution in [0.25, 0.3) is 10.2 Å². The molecule has 0 spiro atoms. The number of methoxy groups -OCH3 is 1. The van der Waals surface area contributed by atoms with E-state index in [4.69, 9.17) is 16.3 Å². The number of hydrogen-bond donors (Lipinski definition) is 3. The summed E-state index contributed by atoms with van der Waals surface area (Å²) >= 11 is 7.41. The molecule has 2 aromatic heterocycles. The molecular weight excluding hydrogens is 436 g/mol. The molecule has 0 saturated heterocycles. The van der Waals surface area contributed by atoms with Gasteiger partial charge in [-0.15, -0.1) is 11.3 Å². The number of aromatic amines is 1. The van der Waals surface area contributed by atoms with Gasteiger partial charge < -0.3 is 15.4 Å². The third-order valence-corrected chi connectivity index (χ3v) is 6.04. The lowest BCUT2D eigenvalue weighted by atomic mass is 10.1. The Morgan fingerprint density at radius 3 is 2.81 bits per heavy atom. The third kappa shape index (κ3) is 4.87. The van der Waals surface area contributed by atoms with Gasteiger partial charge in [0.2, 0.25) is 5.91 Å². The molecule has 3 N–H and O–H groups in total. The summed E-state index contributed by atoms with van der Waals surface area (Å²) in [7, 11) is 1.58. The van der Waals surface area contributed by atoms with Crippen molar-refractivity contribution in [2.45, 2.75) is 13.0 Å². The zero-order chi connectivity index (χ0) is 21.8. The zero-order valence-corrected chi connectivity index (χ0v) is 18.1. The molecule has 2 amide bonds. The number of amides is 2. The highest BCUT2D eigenvalue weighted by Crippen LogP contribution is 2.29. The number of halogens is 1. The first-order valence-corrected chi connectivity index (χ1v) is 10.6. The molecule has 0 radical (unpaired) electrons. The predicted molar refractivity (Wildman–Crippen MR) is 122 cm³/mol. The minimum atomic E-state index is -0.219. The quantitative estimate of drug-likeness (QED) is 0.385. The smallest absolute Gasteiger partial charge is 0.261 e. The maximum atomic E-state index is 12.6. The fraction of sp³-hybridized carbons (Fsp3) is 0.136. The molecule has 31 heavy (non-hydrogen) atoms. The maximum absolute atomic E-state index is 12.6. The van der Waals surface area contributed by atoms with Crippen LogP contribution < -0.4 is 15.4 Å². The molecule has 0 fully saturated rings. The van der Waals surface area contributed by atoms with Gasteiger partial charge in [-0.2, -0.15) is 5.10 Å². The summed E-state index contributed by atoms with van der Waals surface area (Å²) < 4.78 is 5.19. The number of carbonyl (C=O) groups excluding carboxylic acids is 2. The van der Waals surface area contributed by atoms with Crippen molar-refractivity contribution >= 4 is 50.8 Å². The van der Waals surface area contributed by atoms with Gasteiger partial charge in [0, 0.05) is 11.6 Å². The number of carbonyl (C=O) groups is 2. The Kier molecular flexibility index (Phi) is 6.20. The zero-order valence-electron chi connectivity index (χ0n) is 16.6. The van der Waals surface area contributed by atoms with E-state index >= 15 is 0 Å². The molecule has 2 heterocycles. The molecule has 158 valence electrons. The molecule has 2 aromatic carbocycles. The van der Waals surface area contributed by atoms with Crippen LogP contribution in [-0.2, 0) is 17.8 Å². The molecule has 0 atom stereocenters. The molecule has 4 aromatic rings. The van der Waals surface area contributed by atoms with Gasteiger partial charge in [-0.1, -0.05) is 41.9 Å². The molecular formula is C22H19ClN4O3S. The first kappa shape index (κ1) is 20.9. The summed E-state index contributed by atoms with van der Waals surface area (Å²) in [5.74, 6) is 0.655. The Balaban J connectivity index is 1.42. The summed E-state index contributed by atoms with van der Waals surface area (Å²) in [5, 5.41) is 14.0. The molecule has 0 aliphatic heterocycles. The van der Waals surface area contributed by atoms with Gasteiger partial charge in [0.1, 0.15) is 10.6 Å². The average molecular weight is 455 g/mol. The second-order valence-electron chi connectivity index (χ2n) is 6.78. The highest BCUT2D eigenvalue weighted by atomic mass is 35.5. The van der Waals surface area contributed by atoms with Crippen molar-refractivity contribution in [1.82, 2.24) is 15.5 Å². The Labute approximate surface area is 187 Å². The summed E-state index contributed by atoms with van der Waals surface area (Å²) in [6, 6.07) is 16.4. The van der Waals surface area contributed by atoms with Crippen molar-refractivity contribution in [3.63, 3.8) is 0 Å². The van der Waals surface area contributed by atoms with Crippen LogP contribution in [0.3, 0.4) is 0 Å². The van der Waals surface area contributed by atoms with E-state index in [1.54, 1.807) is 19.2 Å². The van der Waals surface area contributed by atoms with Crippen LogP contribution in [0.2, 0.25) is 5.02 Å². The van der Waals surface area contributed by atoms with Crippen LogP contribution >= 0.6 is 22.9 Å². The van der Waals surface area contributed by atoms with Gasteiger partial charge in [-0.25, -0.2) is 0 Å². The number of nitrogens with zero attached hydrogens (tertiary/aromatic N) is 1. The van der Waals surface area contributed by atoms with E-state index in [-0.39, 0.29) is 18.2 Å². The van der Waals surface area contributed by atoms with Crippen molar-refractivity contribution in [3.05, 3.63) is 75.6 Å². The number of rotatable bonds is 7. The number of aromatic nitrogens is 2. The van der Waals surface area contributed by atoms with Crippen LogP contribution in [0.15, 0.2) is 54.6 Å². The van der Waals surface area contributed by atoms with Crippen molar-refractivity contribution in [2.24, 2.45) is 0 Å². The summed E-state index contributed by atoms with van der Waals surface area (Å²) in [6.07, 6.45) is 0.181. The molecule has 0 bridgehead atoms. The van der Waals surface area contributed by atoms with E-state index < -0.39 is 0 Å². The first-order chi connectivity index (χ1) is 15.0. The van der Waals surface area contributed by atoms with Gasteiger partial charge in [0.05, 0.1) is 23.8 Å². The fourth-order valence-electron chi connectivity index (χ4n) is 3.07. The van der Waals surface area contributed by atoms with Crippen molar-refractivity contribution < 1.29 is 14.3 Å². The minimum absolute atomic E-state index is 0.181. The number of ether oxygens (including phenoxy) is 1. The van der Waals surface area contributed by atoms with Crippen LogP contribution in [0, 0.1) is 0 Å². The standard InChI is InChI=1S/C22H19ClN4O3S/c1-30-15-7-4-5-13(9-15)10-19(28)25-20-16-11-18(31-22(16)27-26-20)21(29)24-12-14-6-2-3-8-17(14)23/h2-9,11H,10,12H2,1H3,(H,24,29)(H2,25,26,27,28). The highest BCUT2D eigenvalue weighted by molar-refractivity contribution is 7.20. The van der Waals surface area contributed by atoms with Crippen molar-refractivity contribution in [2.75, 3.05) is 12.4 Å². The third-order valence-electron chi connectivity index (χ3n) is 4.63. The Hall–Kier alpha value is -3.36. The van der Waals surface area contributed by atoms with Crippen LogP contribution in [0.5, 0.6) is 5.75 Å². The lowest BCUT2D eigenvalue weighted by molar-refractivity contribution is -0.115. The van der Waals surface area contributed by atoms with Gasteiger partial charge in [-0.3, -0.25) is 14.7 Å². The molecule has 7 nitrogen and oxygen atoms in total. The largest absolute Gasteiger partial charge is 0.497 e. The van der Waals surface area contributed by atoms with E-state index in [0.29, 0.717) is 38.2 Å². The molecule has 0 aliphatic carbocycles. The van der Waals surface area contributed by atoms with Gasteiger partial charge in [-0.05, 0) is 35.4 Å². The van der Waals surface area contributed by atoms with E-state index in [2.05, 4.69) is 20.8 Å². The normalized spacial score (nSPS) is 10.8. The lowest BCUT2D eigenvalue weighted by Gasteiger charge is -2.05. The highest BCUT2D eigenvalue weighted by Gasteiger charge is 2.17. The Morgan fingerprint density at radius 2 is 2.00 bits per heavy atom.